The fraction of sp³-hybridized carbons (Fsp3) is 0.571. The summed E-state index contributed by atoms with van der Waals surface area (Å²) in [6.07, 6.45) is 0.895. The average Bonchev–Trinajstić information content (AvgIpc) is 2.37. The maximum absolute atomic E-state index is 10.4. The fourth-order valence-electron chi connectivity index (χ4n) is 2.19. The lowest BCUT2D eigenvalue weighted by Gasteiger charge is -2.28. The Labute approximate surface area is 113 Å². The van der Waals surface area contributed by atoms with Crippen LogP contribution in [0.3, 0.4) is 0 Å². The zero-order valence-electron chi connectivity index (χ0n) is 11.4. The maximum atomic E-state index is 10.4. The Morgan fingerprint density at radius 1 is 1.53 bits per heavy atom. The summed E-state index contributed by atoms with van der Waals surface area (Å²) in [4.78, 5) is 17.2. The smallest absolute Gasteiger partial charge is 0.329 e. The van der Waals surface area contributed by atoms with Gasteiger partial charge in [-0.15, -0.1) is 0 Å². The fourth-order valence-corrected chi connectivity index (χ4v) is 2.19. The van der Waals surface area contributed by atoms with Gasteiger partial charge in [-0.1, -0.05) is 19.9 Å². The molecule has 1 aromatic rings. The van der Waals surface area contributed by atoms with Gasteiger partial charge in [0.15, 0.2) is 0 Å². The van der Waals surface area contributed by atoms with Crippen LogP contribution in [0.2, 0.25) is 0 Å². The molecular formula is C14H20N2O3. The molecule has 5 heteroatoms. The minimum Gasteiger partial charge on any atom is -0.480 e. The van der Waals surface area contributed by atoms with E-state index in [4.69, 9.17) is 14.8 Å². The van der Waals surface area contributed by atoms with Crippen LogP contribution < -0.4 is 0 Å². The van der Waals surface area contributed by atoms with Crippen LogP contribution in [0.1, 0.15) is 36.7 Å². The first-order chi connectivity index (χ1) is 9.06. The van der Waals surface area contributed by atoms with Gasteiger partial charge in [-0.25, -0.2) is 4.79 Å². The van der Waals surface area contributed by atoms with Crippen LogP contribution in [0.15, 0.2) is 12.1 Å². The largest absolute Gasteiger partial charge is 0.480 e. The van der Waals surface area contributed by atoms with E-state index in [-0.39, 0.29) is 6.61 Å². The first-order valence-corrected chi connectivity index (χ1v) is 6.57. The Morgan fingerprint density at radius 3 is 3.00 bits per heavy atom. The normalized spacial score (nSPS) is 15.5. The van der Waals surface area contributed by atoms with Crippen molar-refractivity contribution >= 4 is 5.97 Å². The second-order valence-corrected chi connectivity index (χ2v) is 5.17. The average molecular weight is 264 g/mol. The molecule has 0 saturated carbocycles. The van der Waals surface area contributed by atoms with E-state index in [9.17, 15) is 4.79 Å². The van der Waals surface area contributed by atoms with Crippen molar-refractivity contribution in [1.82, 2.24) is 9.88 Å². The van der Waals surface area contributed by atoms with Gasteiger partial charge in [0.1, 0.15) is 13.3 Å². The van der Waals surface area contributed by atoms with Crippen LogP contribution in [-0.2, 0) is 22.5 Å². The second kappa shape index (κ2) is 6.12. The van der Waals surface area contributed by atoms with Gasteiger partial charge < -0.3 is 9.84 Å². The maximum Gasteiger partial charge on any atom is 0.329 e. The Morgan fingerprint density at radius 2 is 2.32 bits per heavy atom. The molecule has 1 aromatic heterocycles. The lowest BCUT2D eigenvalue weighted by molar-refractivity contribution is -0.144. The highest BCUT2D eigenvalue weighted by Gasteiger charge is 2.18. The van der Waals surface area contributed by atoms with Gasteiger partial charge in [-0.2, -0.15) is 0 Å². The van der Waals surface area contributed by atoms with E-state index in [0.717, 1.165) is 25.2 Å². The molecule has 104 valence electrons. The van der Waals surface area contributed by atoms with Gasteiger partial charge in [0.2, 0.25) is 0 Å². The van der Waals surface area contributed by atoms with Crippen molar-refractivity contribution in [3.8, 4) is 0 Å². The highest BCUT2D eigenvalue weighted by Crippen LogP contribution is 2.20. The van der Waals surface area contributed by atoms with E-state index in [2.05, 4.69) is 30.9 Å². The highest BCUT2D eigenvalue weighted by molar-refractivity contribution is 5.67. The minimum absolute atomic E-state index is 0.242. The first kappa shape index (κ1) is 14.0. The summed E-state index contributed by atoms with van der Waals surface area (Å²) in [6, 6.07) is 4.20. The number of hydrogen-bond donors (Lipinski definition) is 1. The van der Waals surface area contributed by atoms with Crippen LogP contribution >= 0.6 is 0 Å². The van der Waals surface area contributed by atoms with Crippen LogP contribution in [0.4, 0.5) is 0 Å². The Bertz CT molecular complexity index is 460. The number of aliphatic carboxylic acids is 1. The van der Waals surface area contributed by atoms with Crippen LogP contribution in [-0.4, -0.2) is 40.8 Å². The number of carboxylic acids is 1. The number of pyridine rings is 1. The quantitative estimate of drug-likeness (QED) is 0.875. The Balaban J connectivity index is 1.94. The molecule has 19 heavy (non-hydrogen) atoms. The standard InChI is InChI=1S/C14H20N2O3/c1-10(2)12-4-3-11-7-16(6-5-13(11)15-12)9-19-8-14(17)18/h3-4,10H,5-9H2,1-2H3,(H,17,18). The van der Waals surface area contributed by atoms with Crippen LogP contribution in [0.25, 0.3) is 0 Å². The monoisotopic (exact) mass is 264 g/mol. The summed E-state index contributed by atoms with van der Waals surface area (Å²) in [5, 5.41) is 8.53. The lowest BCUT2D eigenvalue weighted by atomic mass is 10.0. The van der Waals surface area contributed by atoms with E-state index in [1.54, 1.807) is 0 Å². The molecule has 0 unspecified atom stereocenters. The molecule has 0 aromatic carbocycles. The molecule has 5 nitrogen and oxygen atoms in total. The van der Waals surface area contributed by atoms with Crippen molar-refractivity contribution in [1.29, 1.82) is 0 Å². The zero-order valence-corrected chi connectivity index (χ0v) is 11.4. The summed E-state index contributed by atoms with van der Waals surface area (Å²) < 4.78 is 5.12. The summed E-state index contributed by atoms with van der Waals surface area (Å²) in [5.74, 6) is -0.483. The predicted molar refractivity (Wildman–Crippen MR) is 70.9 cm³/mol. The number of aromatic nitrogens is 1. The molecule has 0 radical (unpaired) electrons. The molecule has 0 amide bonds. The van der Waals surface area contributed by atoms with Gasteiger partial charge in [0.05, 0.1) is 0 Å². The molecule has 0 spiro atoms. The molecule has 0 bridgehead atoms. The van der Waals surface area contributed by atoms with Crippen molar-refractivity contribution in [2.24, 2.45) is 0 Å². The van der Waals surface area contributed by atoms with E-state index in [1.807, 2.05) is 0 Å². The van der Waals surface area contributed by atoms with E-state index >= 15 is 0 Å². The van der Waals surface area contributed by atoms with Gasteiger partial charge in [0.25, 0.3) is 0 Å². The molecule has 1 aliphatic heterocycles. The number of hydrogen-bond acceptors (Lipinski definition) is 4. The first-order valence-electron chi connectivity index (χ1n) is 6.57. The number of rotatable bonds is 5. The lowest BCUT2D eigenvalue weighted by Crippen LogP contribution is -2.33. The predicted octanol–water partition coefficient (Wildman–Crippen LogP) is 1.62. The van der Waals surface area contributed by atoms with E-state index < -0.39 is 5.97 Å². The summed E-state index contributed by atoms with van der Waals surface area (Å²) >= 11 is 0. The van der Waals surface area contributed by atoms with Crippen molar-refractivity contribution in [2.45, 2.75) is 32.7 Å². The van der Waals surface area contributed by atoms with Crippen molar-refractivity contribution in [3.63, 3.8) is 0 Å². The third kappa shape index (κ3) is 3.75. The summed E-state index contributed by atoms with van der Waals surface area (Å²) in [5.41, 5.74) is 3.52. The number of fused-ring (bicyclic) bond motifs is 1. The third-order valence-electron chi connectivity index (χ3n) is 3.24. The van der Waals surface area contributed by atoms with Gasteiger partial charge >= 0.3 is 5.97 Å². The van der Waals surface area contributed by atoms with Gasteiger partial charge in [-0.05, 0) is 17.5 Å². The zero-order chi connectivity index (χ0) is 13.8. The Hall–Kier alpha value is -1.46. The van der Waals surface area contributed by atoms with Crippen molar-refractivity contribution in [3.05, 3.63) is 29.1 Å². The third-order valence-corrected chi connectivity index (χ3v) is 3.24. The molecular weight excluding hydrogens is 244 g/mol. The molecule has 2 heterocycles. The summed E-state index contributed by atoms with van der Waals surface area (Å²) in [7, 11) is 0. The molecule has 0 saturated heterocycles. The number of carboxylic acid groups (broad SMARTS) is 1. The van der Waals surface area contributed by atoms with Gasteiger partial charge in [0, 0.05) is 30.9 Å². The number of carbonyl (C=O) groups is 1. The SMILES string of the molecule is CC(C)c1ccc2c(n1)CCN(COCC(=O)O)C2. The van der Waals surface area contributed by atoms with Crippen molar-refractivity contribution < 1.29 is 14.6 Å². The summed E-state index contributed by atoms with van der Waals surface area (Å²) in [6.45, 7) is 6.04. The van der Waals surface area contributed by atoms with Crippen molar-refractivity contribution in [2.75, 3.05) is 19.9 Å². The molecule has 0 fully saturated rings. The molecule has 1 N–H and O–H groups in total. The number of nitrogens with zero attached hydrogens (tertiary/aromatic N) is 2. The topological polar surface area (TPSA) is 62.7 Å². The van der Waals surface area contributed by atoms with Crippen LogP contribution in [0.5, 0.6) is 0 Å². The Kier molecular flexibility index (Phi) is 4.50. The number of ether oxygens (including phenoxy) is 1. The van der Waals surface area contributed by atoms with E-state index in [0.29, 0.717) is 12.6 Å². The molecule has 0 aliphatic carbocycles. The molecule has 2 rings (SSSR count). The minimum atomic E-state index is -0.930. The van der Waals surface area contributed by atoms with Crippen LogP contribution in [0, 0.1) is 0 Å². The van der Waals surface area contributed by atoms with Gasteiger partial charge in [-0.3, -0.25) is 9.88 Å². The second-order valence-electron chi connectivity index (χ2n) is 5.17. The van der Waals surface area contributed by atoms with E-state index in [1.165, 1.54) is 11.3 Å². The highest BCUT2D eigenvalue weighted by atomic mass is 16.5. The molecule has 1 aliphatic rings. The molecule has 0 atom stereocenters.